The highest BCUT2D eigenvalue weighted by molar-refractivity contribution is 6.30. The van der Waals surface area contributed by atoms with Gasteiger partial charge in [-0.3, -0.25) is 0 Å². The van der Waals surface area contributed by atoms with E-state index in [1.54, 1.807) is 32.0 Å². The topological polar surface area (TPSA) is 69.9 Å². The monoisotopic (exact) mass is 410 g/mol. The van der Waals surface area contributed by atoms with Gasteiger partial charge in [-0.05, 0) is 23.8 Å². The largest absolute Gasteiger partial charge is 0.493 e. The number of ether oxygens (including phenoxy) is 3. The van der Waals surface area contributed by atoms with Crippen LogP contribution in [0.25, 0.3) is 16.8 Å². The highest BCUT2D eigenvalue weighted by Gasteiger charge is 2.14. The summed E-state index contributed by atoms with van der Waals surface area (Å²) < 4.78 is 17.9. The van der Waals surface area contributed by atoms with Crippen LogP contribution in [0, 0.1) is 0 Å². The number of methoxy groups -OCH3 is 3. The summed E-state index contributed by atoms with van der Waals surface area (Å²) in [6, 6.07) is 13.1. The average molecular weight is 411 g/mol. The fraction of sp³-hybridized carbons (Fsp3) is 0.143. The third kappa shape index (κ3) is 3.64. The molecular weight excluding hydrogens is 392 g/mol. The van der Waals surface area contributed by atoms with Gasteiger partial charge in [0.05, 0.1) is 27.5 Å². The summed E-state index contributed by atoms with van der Waals surface area (Å²) in [5, 5.41) is 8.35. The molecule has 0 fully saturated rings. The van der Waals surface area contributed by atoms with Gasteiger partial charge in [0, 0.05) is 34.6 Å². The van der Waals surface area contributed by atoms with Crippen LogP contribution in [0.5, 0.6) is 17.2 Å². The zero-order valence-electron chi connectivity index (χ0n) is 16.1. The molecule has 0 bridgehead atoms. The fourth-order valence-corrected chi connectivity index (χ4v) is 3.20. The highest BCUT2D eigenvalue weighted by Crippen LogP contribution is 2.40. The van der Waals surface area contributed by atoms with E-state index in [9.17, 15) is 0 Å². The Balaban J connectivity index is 1.72. The summed E-state index contributed by atoms with van der Waals surface area (Å²) >= 11 is 6.00. The van der Waals surface area contributed by atoms with Crippen LogP contribution in [0.1, 0.15) is 0 Å². The van der Waals surface area contributed by atoms with E-state index in [1.165, 1.54) is 0 Å². The summed E-state index contributed by atoms with van der Waals surface area (Å²) in [5.41, 5.74) is 3.38. The molecule has 0 aliphatic heterocycles. The second kappa shape index (κ2) is 7.89. The minimum atomic E-state index is 0.532. The Morgan fingerprint density at radius 3 is 2.24 bits per heavy atom. The van der Waals surface area contributed by atoms with Crippen LogP contribution in [0.2, 0.25) is 5.02 Å². The Labute approximate surface area is 172 Å². The molecule has 0 saturated heterocycles. The first kappa shape index (κ1) is 18.9. The van der Waals surface area contributed by atoms with Crippen molar-refractivity contribution in [2.24, 2.45) is 0 Å². The molecule has 0 amide bonds. The van der Waals surface area contributed by atoms with Crippen LogP contribution >= 0.6 is 11.6 Å². The lowest BCUT2D eigenvalue weighted by atomic mass is 10.1. The molecular formula is C21H19ClN4O3. The van der Waals surface area contributed by atoms with Crippen LogP contribution in [0.15, 0.2) is 54.9 Å². The number of aromatic nitrogens is 3. The molecule has 2 aromatic heterocycles. The minimum absolute atomic E-state index is 0.532. The smallest absolute Gasteiger partial charge is 0.203 e. The number of hydrogen-bond acceptors (Lipinski definition) is 6. The first-order chi connectivity index (χ1) is 14.1. The Hall–Kier alpha value is -3.45. The van der Waals surface area contributed by atoms with E-state index < -0.39 is 0 Å². The van der Waals surface area contributed by atoms with Gasteiger partial charge in [-0.25, -0.2) is 9.50 Å². The van der Waals surface area contributed by atoms with E-state index in [2.05, 4.69) is 10.4 Å². The Morgan fingerprint density at radius 2 is 1.62 bits per heavy atom. The predicted molar refractivity (Wildman–Crippen MR) is 113 cm³/mol. The molecule has 0 saturated carbocycles. The van der Waals surface area contributed by atoms with Gasteiger partial charge in [0.25, 0.3) is 0 Å². The Kier molecular flexibility index (Phi) is 5.14. The Morgan fingerprint density at radius 1 is 0.931 bits per heavy atom. The van der Waals surface area contributed by atoms with Crippen molar-refractivity contribution >= 4 is 28.8 Å². The molecule has 29 heavy (non-hydrogen) atoms. The minimum Gasteiger partial charge on any atom is -0.493 e. The number of rotatable bonds is 6. The van der Waals surface area contributed by atoms with E-state index >= 15 is 0 Å². The van der Waals surface area contributed by atoms with Gasteiger partial charge in [-0.1, -0.05) is 23.7 Å². The molecule has 2 heterocycles. The van der Waals surface area contributed by atoms with Gasteiger partial charge in [0.1, 0.15) is 5.82 Å². The lowest BCUT2D eigenvalue weighted by Gasteiger charge is -2.15. The SMILES string of the molecule is COc1cc(Nc2ccn3ncc(-c4ccc(Cl)cc4)c3n2)cc(OC)c1OC. The average Bonchev–Trinajstić information content (AvgIpc) is 3.16. The van der Waals surface area contributed by atoms with Crippen molar-refractivity contribution in [1.82, 2.24) is 14.6 Å². The molecule has 0 aliphatic carbocycles. The number of anilines is 2. The van der Waals surface area contributed by atoms with Gasteiger partial charge < -0.3 is 19.5 Å². The standard InChI is InChI=1S/C21H19ClN4O3/c1-27-17-10-15(11-18(28-2)20(17)29-3)24-19-8-9-26-21(25-19)16(12-23-26)13-4-6-14(22)7-5-13/h4-12H,1-3H3,(H,24,25). The molecule has 148 valence electrons. The van der Waals surface area contributed by atoms with Gasteiger partial charge in [0.15, 0.2) is 17.1 Å². The summed E-state index contributed by atoms with van der Waals surface area (Å²) in [6.07, 6.45) is 3.64. The summed E-state index contributed by atoms with van der Waals surface area (Å²) in [4.78, 5) is 4.73. The van der Waals surface area contributed by atoms with Gasteiger partial charge in [-0.15, -0.1) is 0 Å². The molecule has 0 spiro atoms. The number of nitrogens with zero attached hydrogens (tertiary/aromatic N) is 3. The van der Waals surface area contributed by atoms with Crippen LogP contribution in [0.3, 0.4) is 0 Å². The second-order valence-corrected chi connectivity index (χ2v) is 6.62. The van der Waals surface area contributed by atoms with Crippen molar-refractivity contribution in [2.45, 2.75) is 0 Å². The van der Waals surface area contributed by atoms with Crippen molar-refractivity contribution in [3.8, 4) is 28.4 Å². The van der Waals surface area contributed by atoms with Crippen molar-refractivity contribution < 1.29 is 14.2 Å². The number of hydrogen-bond donors (Lipinski definition) is 1. The molecule has 0 aliphatic rings. The maximum atomic E-state index is 6.00. The van der Waals surface area contributed by atoms with Crippen LogP contribution in [0.4, 0.5) is 11.5 Å². The first-order valence-electron chi connectivity index (χ1n) is 8.80. The molecule has 2 aromatic carbocycles. The second-order valence-electron chi connectivity index (χ2n) is 6.19. The van der Waals surface area contributed by atoms with Gasteiger partial charge in [0.2, 0.25) is 5.75 Å². The quantitative estimate of drug-likeness (QED) is 0.491. The third-order valence-corrected chi connectivity index (χ3v) is 4.71. The Bertz CT molecular complexity index is 1130. The number of benzene rings is 2. The fourth-order valence-electron chi connectivity index (χ4n) is 3.07. The zero-order valence-corrected chi connectivity index (χ0v) is 16.9. The number of nitrogens with one attached hydrogen (secondary N) is 1. The van der Waals surface area contributed by atoms with Crippen molar-refractivity contribution in [3.63, 3.8) is 0 Å². The van der Waals surface area contributed by atoms with Crippen LogP contribution in [-0.4, -0.2) is 35.9 Å². The lowest BCUT2D eigenvalue weighted by Crippen LogP contribution is -2.00. The highest BCUT2D eigenvalue weighted by atomic mass is 35.5. The van der Waals surface area contributed by atoms with E-state index in [4.69, 9.17) is 30.8 Å². The molecule has 0 unspecified atom stereocenters. The van der Waals surface area contributed by atoms with Crippen LogP contribution in [-0.2, 0) is 0 Å². The van der Waals surface area contributed by atoms with Crippen molar-refractivity contribution in [3.05, 3.63) is 59.9 Å². The summed E-state index contributed by atoms with van der Waals surface area (Å²) in [7, 11) is 4.73. The first-order valence-corrected chi connectivity index (χ1v) is 9.18. The van der Waals surface area contributed by atoms with Crippen molar-refractivity contribution in [2.75, 3.05) is 26.6 Å². The van der Waals surface area contributed by atoms with Gasteiger partial charge in [-0.2, -0.15) is 5.10 Å². The van der Waals surface area contributed by atoms with E-state index in [1.807, 2.05) is 48.7 Å². The molecule has 0 radical (unpaired) electrons. The van der Waals surface area contributed by atoms with Crippen molar-refractivity contribution in [1.29, 1.82) is 0 Å². The van der Waals surface area contributed by atoms with Gasteiger partial charge >= 0.3 is 0 Å². The molecule has 8 heteroatoms. The number of halogens is 1. The van der Waals surface area contributed by atoms with E-state index in [0.717, 1.165) is 22.5 Å². The molecule has 4 aromatic rings. The summed E-state index contributed by atoms with van der Waals surface area (Å²) in [6.45, 7) is 0. The number of fused-ring (bicyclic) bond motifs is 1. The zero-order chi connectivity index (χ0) is 20.4. The summed E-state index contributed by atoms with van der Waals surface area (Å²) in [5.74, 6) is 2.30. The third-order valence-electron chi connectivity index (χ3n) is 4.46. The predicted octanol–water partition coefficient (Wildman–Crippen LogP) is 4.82. The molecule has 0 atom stereocenters. The molecule has 1 N–H and O–H groups in total. The maximum Gasteiger partial charge on any atom is 0.203 e. The molecule has 4 rings (SSSR count). The van der Waals surface area contributed by atoms with E-state index in [-0.39, 0.29) is 0 Å². The maximum absolute atomic E-state index is 6.00. The van der Waals surface area contributed by atoms with E-state index in [0.29, 0.717) is 28.1 Å². The van der Waals surface area contributed by atoms with Crippen LogP contribution < -0.4 is 19.5 Å². The molecule has 7 nitrogen and oxygen atoms in total. The lowest BCUT2D eigenvalue weighted by molar-refractivity contribution is 0.324. The normalized spacial score (nSPS) is 10.8.